The predicted molar refractivity (Wildman–Crippen MR) is 277 cm³/mol. The number of aromatic amines is 1. The third-order valence-corrected chi connectivity index (χ3v) is 17.7. The molecule has 3 aliphatic heterocycles. The Hall–Kier alpha value is -6.02. The van der Waals surface area contributed by atoms with Crippen LogP contribution >= 0.6 is 0 Å². The Morgan fingerprint density at radius 2 is 1.76 bits per heavy atom. The van der Waals surface area contributed by atoms with E-state index in [1.165, 1.54) is 30.3 Å². The molecule has 3 fully saturated rings. The number of aryl methyl sites for hydroxylation is 2. The molecule has 3 aromatic carbocycles. The summed E-state index contributed by atoms with van der Waals surface area (Å²) in [6.45, 7) is 3.34. The monoisotopic (exact) mass is 1030 g/mol. The Kier molecular flexibility index (Phi) is 12.8. The Morgan fingerprint density at radius 3 is 2.53 bits per heavy atom. The number of allylic oxidation sites excluding steroid dienone is 1. The zero-order valence-corrected chi connectivity index (χ0v) is 42.1. The summed E-state index contributed by atoms with van der Waals surface area (Å²) in [5, 5.41) is 89.0. The van der Waals surface area contributed by atoms with Gasteiger partial charge in [0.1, 0.15) is 59.1 Å². The van der Waals surface area contributed by atoms with Crippen molar-refractivity contribution >= 4 is 38.6 Å². The second-order valence-corrected chi connectivity index (χ2v) is 22.1. The molecule has 1 saturated carbocycles. The highest BCUT2D eigenvalue weighted by Gasteiger charge is 2.66. The maximum Gasteiger partial charge on any atom is 0.220 e. The number of aliphatic hydroxyl groups excluding tert-OH is 4. The van der Waals surface area contributed by atoms with E-state index in [1.807, 2.05) is 18.5 Å². The first kappa shape index (κ1) is 49.8. The van der Waals surface area contributed by atoms with E-state index in [9.17, 15) is 45.3 Å². The molecular formula is C58H66N4O13. The molecule has 3 aromatic heterocycles. The summed E-state index contributed by atoms with van der Waals surface area (Å²) in [7, 11) is 0. The van der Waals surface area contributed by atoms with E-state index >= 15 is 0 Å². The van der Waals surface area contributed by atoms with Gasteiger partial charge in [-0.05, 0) is 98.2 Å². The van der Waals surface area contributed by atoms with E-state index < -0.39 is 66.6 Å². The number of phenolic OH excluding ortho intramolecular Hbond substituents is 2. The first-order valence-corrected chi connectivity index (χ1v) is 26.7. The SMILES string of the molecule is CCc1c2cc[nH]c2cn1-c1c2c(cc3c(=O)cc(C)oc13)CC1OOC(C(O)(Cc3ccc(O)c4ccc(O)cc34)C(O)C(O)C(O)CO)CCC3=CC(NC4CCCCC4)C4C=CC(C5CNC(=O)C5)C3C14O2. The van der Waals surface area contributed by atoms with Gasteiger partial charge in [-0.15, -0.1) is 0 Å². The van der Waals surface area contributed by atoms with Crippen molar-refractivity contribution in [3.63, 3.8) is 0 Å². The van der Waals surface area contributed by atoms with Crippen LogP contribution in [0.4, 0.5) is 0 Å². The number of aliphatic hydroxyl groups is 5. The minimum Gasteiger partial charge on any atom is -0.508 e. The number of H-pyrrole nitrogens is 1. The molecule has 0 radical (unpaired) electrons. The van der Waals surface area contributed by atoms with Crippen LogP contribution in [0.5, 0.6) is 17.2 Å². The van der Waals surface area contributed by atoms with Crippen LogP contribution in [0.25, 0.3) is 38.3 Å². The summed E-state index contributed by atoms with van der Waals surface area (Å²) in [4.78, 5) is 44.5. The molecular weight excluding hydrogens is 961 g/mol. The van der Waals surface area contributed by atoms with Crippen molar-refractivity contribution in [3.8, 4) is 22.9 Å². The number of carbonyl (C=O) groups excluding carboxylic acids is 1. The Morgan fingerprint density at radius 1 is 0.933 bits per heavy atom. The standard InChI is InChI=1S/C58H66N4O13/c1-3-44-38-17-18-59-43(38)27-62(44)52-54-32(20-40-46(66)19-29(2)72-55(40)52)22-49-58(73-54)41-14-13-36(33-23-50(68)60-26-33)51(58)30(21-42(41)61-34-7-5-4-6-8-34)10-16-48(74-75-49)57(71,56(70)53(69)47(67)28-63)25-31-9-15-45(65)37-12-11-35(64)24-39(31)37/h9,11-15,17-21,24,27,33-34,36,41-42,47-49,51,53,56,59,61,63-65,67,69-71H,3-8,10,16,22-23,25-26,28H2,1-2H3,(H,60,68). The second kappa shape index (κ2) is 19.2. The lowest BCUT2D eigenvalue weighted by Crippen LogP contribution is -2.70. The van der Waals surface area contributed by atoms with Crippen LogP contribution < -0.4 is 20.8 Å². The topological polar surface area (TPSA) is 261 Å². The average molecular weight is 1030 g/mol. The van der Waals surface area contributed by atoms with Gasteiger partial charge < -0.3 is 65.1 Å². The largest absolute Gasteiger partial charge is 0.508 e. The number of nitrogens with one attached hydrogen (secondary N) is 3. The number of rotatable bonds is 12. The molecule has 6 heterocycles. The molecule has 12 rings (SSSR count). The van der Waals surface area contributed by atoms with Crippen molar-refractivity contribution in [2.45, 2.75) is 138 Å². The second-order valence-electron chi connectivity index (χ2n) is 22.1. The van der Waals surface area contributed by atoms with Crippen LogP contribution in [0.15, 0.2) is 93.9 Å². The summed E-state index contributed by atoms with van der Waals surface area (Å²) in [6.07, 6.45) is 8.26. The summed E-state index contributed by atoms with van der Waals surface area (Å²) < 4.78 is 16.8. The zero-order valence-electron chi connectivity index (χ0n) is 42.1. The maximum absolute atomic E-state index is 14.2. The number of benzene rings is 3. The van der Waals surface area contributed by atoms with Gasteiger partial charge in [0.15, 0.2) is 22.4 Å². The van der Waals surface area contributed by atoms with Gasteiger partial charge in [0, 0.05) is 90.2 Å². The van der Waals surface area contributed by atoms with E-state index in [2.05, 4.69) is 45.3 Å². The maximum atomic E-state index is 14.2. The van der Waals surface area contributed by atoms with Crippen molar-refractivity contribution < 1.29 is 59.5 Å². The Labute approximate surface area is 432 Å². The van der Waals surface area contributed by atoms with Crippen LogP contribution in [0.2, 0.25) is 0 Å². The molecule has 396 valence electrons. The Balaban J connectivity index is 1.08. The lowest BCUT2D eigenvalue weighted by Gasteiger charge is -2.60. The number of amides is 1. The molecule has 3 aliphatic carbocycles. The lowest BCUT2D eigenvalue weighted by atomic mass is 9.53. The molecule has 10 N–H and O–H groups in total. The number of aromatic nitrogens is 2. The number of hydrogen-bond donors (Lipinski definition) is 10. The molecule has 6 aliphatic rings. The van der Waals surface area contributed by atoms with Crippen molar-refractivity contribution in [2.75, 3.05) is 13.2 Å². The van der Waals surface area contributed by atoms with E-state index in [4.69, 9.17) is 18.9 Å². The summed E-state index contributed by atoms with van der Waals surface area (Å²) in [5.41, 5.74) is 0.727. The normalized spacial score (nSPS) is 28.8. The van der Waals surface area contributed by atoms with E-state index in [-0.39, 0.29) is 72.4 Å². The molecule has 12 unspecified atom stereocenters. The van der Waals surface area contributed by atoms with Crippen LogP contribution in [0.3, 0.4) is 0 Å². The molecule has 17 nitrogen and oxygen atoms in total. The molecule has 2 saturated heterocycles. The van der Waals surface area contributed by atoms with Crippen molar-refractivity contribution in [2.24, 2.45) is 23.7 Å². The summed E-state index contributed by atoms with van der Waals surface area (Å²) in [5.74, 6) is -0.602. The van der Waals surface area contributed by atoms with Gasteiger partial charge in [-0.2, -0.15) is 0 Å². The van der Waals surface area contributed by atoms with Gasteiger partial charge in [0.25, 0.3) is 0 Å². The summed E-state index contributed by atoms with van der Waals surface area (Å²) in [6, 6.07) is 12.6. The quantitative estimate of drug-likeness (QED) is 0.0538. The fourth-order valence-corrected chi connectivity index (χ4v) is 14.1. The van der Waals surface area contributed by atoms with E-state index in [1.54, 1.807) is 19.1 Å². The number of ether oxygens (including phenoxy) is 1. The van der Waals surface area contributed by atoms with Crippen LogP contribution in [0.1, 0.15) is 80.9 Å². The third kappa shape index (κ3) is 8.20. The molecule has 17 heteroatoms. The van der Waals surface area contributed by atoms with Gasteiger partial charge in [0.2, 0.25) is 5.91 Å². The molecule has 12 atom stereocenters. The van der Waals surface area contributed by atoms with Crippen molar-refractivity contribution in [1.29, 1.82) is 0 Å². The first-order valence-electron chi connectivity index (χ1n) is 26.7. The lowest BCUT2D eigenvalue weighted by molar-refractivity contribution is -0.405. The van der Waals surface area contributed by atoms with Gasteiger partial charge in [0.05, 0.1) is 17.5 Å². The van der Waals surface area contributed by atoms with Crippen LogP contribution in [0, 0.1) is 30.6 Å². The molecule has 4 bridgehead atoms. The predicted octanol–water partition coefficient (Wildman–Crippen LogP) is 5.49. The van der Waals surface area contributed by atoms with Gasteiger partial charge in [-0.3, -0.25) is 9.59 Å². The highest BCUT2D eigenvalue weighted by molar-refractivity contribution is 5.93. The number of phenols is 2. The number of fused-ring (bicyclic) bond motifs is 4. The fourth-order valence-electron chi connectivity index (χ4n) is 14.1. The van der Waals surface area contributed by atoms with E-state index in [0.717, 1.165) is 54.3 Å². The van der Waals surface area contributed by atoms with Crippen LogP contribution in [-0.4, -0.2) is 118 Å². The number of hydrogen-bond acceptors (Lipinski definition) is 14. The average Bonchev–Trinajstić information content (AvgIpc) is 4.21. The molecule has 75 heavy (non-hydrogen) atoms. The molecule has 1 amide bonds. The third-order valence-electron chi connectivity index (χ3n) is 17.7. The van der Waals surface area contributed by atoms with Crippen LogP contribution in [-0.2, 0) is 33.8 Å². The Bertz CT molecular complexity index is 3320. The smallest absolute Gasteiger partial charge is 0.220 e. The number of carbonyl (C=O) groups is 1. The van der Waals surface area contributed by atoms with Gasteiger partial charge in [-0.1, -0.05) is 56.1 Å². The zero-order chi connectivity index (χ0) is 52.1. The number of nitrogens with zero attached hydrogens (tertiary/aromatic N) is 1. The molecule has 1 spiro atoms. The molecule has 6 aromatic rings. The minimum atomic E-state index is -2.49. The minimum absolute atomic E-state index is 0.00389. The summed E-state index contributed by atoms with van der Waals surface area (Å²) >= 11 is 0. The first-order chi connectivity index (χ1) is 36.2. The van der Waals surface area contributed by atoms with Gasteiger partial charge >= 0.3 is 0 Å². The highest BCUT2D eigenvalue weighted by Crippen LogP contribution is 2.60. The van der Waals surface area contributed by atoms with Gasteiger partial charge in [-0.25, -0.2) is 9.78 Å². The highest BCUT2D eigenvalue weighted by atomic mass is 17.2. The van der Waals surface area contributed by atoms with E-state index in [0.29, 0.717) is 63.0 Å². The van der Waals surface area contributed by atoms with Crippen molar-refractivity contribution in [1.82, 2.24) is 20.2 Å². The number of aromatic hydroxyl groups is 2. The fraction of sp³-hybridized carbons (Fsp3) is 0.483. The van der Waals surface area contributed by atoms with Crippen molar-refractivity contribution in [3.05, 3.63) is 118 Å².